The minimum absolute atomic E-state index is 0.501. The zero-order chi connectivity index (χ0) is 9.97. The molecule has 1 saturated heterocycles. The van der Waals surface area contributed by atoms with Gasteiger partial charge in [0, 0.05) is 25.7 Å². The van der Waals surface area contributed by atoms with Gasteiger partial charge in [0.25, 0.3) is 0 Å². The summed E-state index contributed by atoms with van der Waals surface area (Å²) in [4.78, 5) is 2.29. The summed E-state index contributed by atoms with van der Waals surface area (Å²) in [6.07, 6.45) is 0. The molecule has 14 heavy (non-hydrogen) atoms. The van der Waals surface area contributed by atoms with Gasteiger partial charge in [0.15, 0.2) is 5.82 Å². The molecule has 2 heterocycles. The molecule has 1 aromatic rings. The van der Waals surface area contributed by atoms with Gasteiger partial charge in [-0.3, -0.25) is 0 Å². The minimum atomic E-state index is 0.501. The highest BCUT2D eigenvalue weighted by Gasteiger charge is 2.18. The number of hydrogen-bond acceptors (Lipinski definition) is 4. The largest absolute Gasteiger partial charge is 0.350 e. The molecule has 1 atom stereocenters. The molecule has 0 bridgehead atoms. The first kappa shape index (κ1) is 9.40. The van der Waals surface area contributed by atoms with Gasteiger partial charge in [-0.05, 0) is 26.0 Å². The van der Waals surface area contributed by atoms with E-state index in [4.69, 9.17) is 0 Å². The van der Waals surface area contributed by atoms with E-state index in [1.807, 2.05) is 19.1 Å². The maximum absolute atomic E-state index is 4.20. The van der Waals surface area contributed by atoms with Crippen LogP contribution in [-0.4, -0.2) is 35.9 Å². The lowest BCUT2D eigenvalue weighted by Gasteiger charge is -2.34. The van der Waals surface area contributed by atoms with E-state index in [9.17, 15) is 0 Å². The van der Waals surface area contributed by atoms with E-state index in [0.29, 0.717) is 6.04 Å². The summed E-state index contributed by atoms with van der Waals surface area (Å²) in [5.74, 6) is 0.990. The van der Waals surface area contributed by atoms with E-state index in [2.05, 4.69) is 27.3 Å². The van der Waals surface area contributed by atoms with Crippen molar-refractivity contribution in [1.29, 1.82) is 0 Å². The predicted molar refractivity (Wildman–Crippen MR) is 56.4 cm³/mol. The maximum atomic E-state index is 4.20. The Morgan fingerprint density at radius 2 is 2.29 bits per heavy atom. The van der Waals surface area contributed by atoms with Crippen LogP contribution in [0.4, 0.5) is 5.82 Å². The van der Waals surface area contributed by atoms with Gasteiger partial charge in [0.1, 0.15) is 0 Å². The fourth-order valence-electron chi connectivity index (χ4n) is 1.73. The molecule has 1 aliphatic rings. The SMILES string of the molecule is Cc1ccc(N2CCNC[C@H]2C)nn1. The average molecular weight is 192 g/mol. The fraction of sp³-hybridized carbons (Fsp3) is 0.600. The van der Waals surface area contributed by atoms with Crippen LogP contribution in [0, 0.1) is 6.92 Å². The highest BCUT2D eigenvalue weighted by molar-refractivity contribution is 5.39. The zero-order valence-electron chi connectivity index (χ0n) is 8.70. The molecular formula is C10H16N4. The molecule has 1 aliphatic heterocycles. The maximum Gasteiger partial charge on any atom is 0.151 e. The van der Waals surface area contributed by atoms with Crippen LogP contribution in [0.15, 0.2) is 12.1 Å². The average Bonchev–Trinajstić information content (AvgIpc) is 2.20. The molecule has 0 aromatic carbocycles. The summed E-state index contributed by atoms with van der Waals surface area (Å²) < 4.78 is 0. The monoisotopic (exact) mass is 192 g/mol. The molecule has 0 radical (unpaired) electrons. The Morgan fingerprint density at radius 1 is 1.43 bits per heavy atom. The number of nitrogens with zero attached hydrogens (tertiary/aromatic N) is 3. The number of aromatic nitrogens is 2. The molecular weight excluding hydrogens is 176 g/mol. The Hall–Kier alpha value is -1.16. The van der Waals surface area contributed by atoms with Crippen molar-refractivity contribution in [2.45, 2.75) is 19.9 Å². The van der Waals surface area contributed by atoms with Gasteiger partial charge in [-0.25, -0.2) is 0 Å². The molecule has 0 amide bonds. The summed E-state index contributed by atoms with van der Waals surface area (Å²) in [7, 11) is 0. The van der Waals surface area contributed by atoms with Crippen LogP contribution in [0.25, 0.3) is 0 Å². The van der Waals surface area contributed by atoms with Gasteiger partial charge in [0.05, 0.1) is 5.69 Å². The molecule has 0 unspecified atom stereocenters. The predicted octanol–water partition coefficient (Wildman–Crippen LogP) is 0.583. The first-order valence-electron chi connectivity index (χ1n) is 5.05. The quantitative estimate of drug-likeness (QED) is 0.707. The van der Waals surface area contributed by atoms with E-state index in [0.717, 1.165) is 31.1 Å². The van der Waals surface area contributed by atoms with Gasteiger partial charge in [-0.15, -0.1) is 5.10 Å². The van der Waals surface area contributed by atoms with Crippen LogP contribution in [0.2, 0.25) is 0 Å². The van der Waals surface area contributed by atoms with Crippen molar-refractivity contribution in [2.75, 3.05) is 24.5 Å². The van der Waals surface area contributed by atoms with Crippen LogP contribution >= 0.6 is 0 Å². The number of anilines is 1. The molecule has 4 nitrogen and oxygen atoms in total. The van der Waals surface area contributed by atoms with Crippen LogP contribution in [0.3, 0.4) is 0 Å². The Kier molecular flexibility index (Phi) is 2.63. The van der Waals surface area contributed by atoms with Crippen molar-refractivity contribution in [3.63, 3.8) is 0 Å². The van der Waals surface area contributed by atoms with Crippen molar-refractivity contribution in [3.8, 4) is 0 Å². The van der Waals surface area contributed by atoms with E-state index < -0.39 is 0 Å². The molecule has 0 saturated carbocycles. The first-order valence-corrected chi connectivity index (χ1v) is 5.05. The summed E-state index contributed by atoms with van der Waals surface area (Å²) in [6, 6.07) is 4.56. The molecule has 1 fully saturated rings. The van der Waals surface area contributed by atoms with E-state index in [1.165, 1.54) is 0 Å². The van der Waals surface area contributed by atoms with E-state index >= 15 is 0 Å². The van der Waals surface area contributed by atoms with Crippen molar-refractivity contribution in [2.24, 2.45) is 0 Å². The van der Waals surface area contributed by atoms with Gasteiger partial charge in [0.2, 0.25) is 0 Å². The summed E-state index contributed by atoms with van der Waals surface area (Å²) in [5.41, 5.74) is 0.969. The number of piperazine rings is 1. The number of rotatable bonds is 1. The molecule has 1 aromatic heterocycles. The molecule has 0 aliphatic carbocycles. The molecule has 2 rings (SSSR count). The van der Waals surface area contributed by atoms with E-state index in [1.54, 1.807) is 0 Å². The van der Waals surface area contributed by atoms with Gasteiger partial charge in [-0.2, -0.15) is 5.10 Å². The Bertz CT molecular complexity index is 295. The number of aryl methyl sites for hydroxylation is 1. The third-order valence-electron chi connectivity index (χ3n) is 2.58. The smallest absolute Gasteiger partial charge is 0.151 e. The first-order chi connectivity index (χ1) is 6.77. The standard InChI is InChI=1S/C10H16N4/c1-8-3-4-10(13-12-8)14-6-5-11-7-9(14)2/h3-4,9,11H,5-7H2,1-2H3/t9-/m1/s1. The Balaban J connectivity index is 2.16. The Labute approximate surface area is 84.3 Å². The highest BCUT2D eigenvalue weighted by atomic mass is 15.3. The lowest BCUT2D eigenvalue weighted by Crippen LogP contribution is -2.50. The highest BCUT2D eigenvalue weighted by Crippen LogP contribution is 2.13. The third kappa shape index (κ3) is 1.85. The molecule has 0 spiro atoms. The molecule has 76 valence electrons. The van der Waals surface area contributed by atoms with Crippen molar-refractivity contribution in [1.82, 2.24) is 15.5 Å². The number of nitrogens with one attached hydrogen (secondary N) is 1. The van der Waals surface area contributed by atoms with Crippen LogP contribution in [0.5, 0.6) is 0 Å². The second-order valence-electron chi connectivity index (χ2n) is 3.78. The normalized spacial score (nSPS) is 22.4. The molecule has 4 heteroatoms. The van der Waals surface area contributed by atoms with E-state index in [-0.39, 0.29) is 0 Å². The minimum Gasteiger partial charge on any atom is -0.350 e. The second kappa shape index (κ2) is 3.92. The lowest BCUT2D eigenvalue weighted by atomic mass is 10.2. The van der Waals surface area contributed by atoms with Crippen LogP contribution < -0.4 is 10.2 Å². The van der Waals surface area contributed by atoms with Crippen molar-refractivity contribution >= 4 is 5.82 Å². The Morgan fingerprint density at radius 3 is 2.93 bits per heavy atom. The van der Waals surface area contributed by atoms with Crippen LogP contribution in [0.1, 0.15) is 12.6 Å². The zero-order valence-corrected chi connectivity index (χ0v) is 8.70. The summed E-state index contributed by atoms with van der Waals surface area (Å²) in [5, 5.41) is 11.6. The summed E-state index contributed by atoms with van der Waals surface area (Å²) >= 11 is 0. The van der Waals surface area contributed by atoms with Gasteiger partial charge < -0.3 is 10.2 Å². The van der Waals surface area contributed by atoms with Gasteiger partial charge >= 0.3 is 0 Å². The van der Waals surface area contributed by atoms with Crippen molar-refractivity contribution < 1.29 is 0 Å². The third-order valence-corrected chi connectivity index (χ3v) is 2.58. The fourth-order valence-corrected chi connectivity index (χ4v) is 1.73. The lowest BCUT2D eigenvalue weighted by molar-refractivity contribution is 0.495. The van der Waals surface area contributed by atoms with Crippen molar-refractivity contribution in [3.05, 3.63) is 17.8 Å². The number of hydrogen-bond donors (Lipinski definition) is 1. The van der Waals surface area contributed by atoms with Crippen LogP contribution in [-0.2, 0) is 0 Å². The summed E-state index contributed by atoms with van der Waals surface area (Å²) in [6.45, 7) is 7.22. The van der Waals surface area contributed by atoms with Gasteiger partial charge in [-0.1, -0.05) is 0 Å². The topological polar surface area (TPSA) is 41.0 Å². The second-order valence-corrected chi connectivity index (χ2v) is 3.78. The molecule has 1 N–H and O–H groups in total.